The minimum atomic E-state index is -3.24. The fourth-order valence-corrected chi connectivity index (χ4v) is 4.53. The molecule has 1 saturated carbocycles. The third kappa shape index (κ3) is 3.91. The quantitative estimate of drug-likeness (QED) is 0.835. The Hall–Kier alpha value is -2.19. The first-order valence-electron chi connectivity index (χ1n) is 9.28. The number of rotatable bonds is 4. The molecule has 27 heavy (non-hydrogen) atoms. The van der Waals surface area contributed by atoms with E-state index in [1.807, 2.05) is 18.2 Å². The number of hydrogen-bond acceptors (Lipinski definition) is 6. The molecule has 1 aliphatic carbocycles. The molecule has 1 aromatic carbocycles. The number of nitrogens with zero attached hydrogens (tertiary/aromatic N) is 3. The van der Waals surface area contributed by atoms with Gasteiger partial charge in [-0.3, -0.25) is 4.31 Å². The number of fused-ring (bicyclic) bond motifs is 1. The minimum Gasteiger partial charge on any atom is -0.393 e. The maximum atomic E-state index is 11.8. The number of aliphatic hydroxyl groups excluding tert-OH is 1. The number of sulfonamides is 1. The third-order valence-electron chi connectivity index (χ3n) is 5.31. The average molecular weight is 388 g/mol. The monoisotopic (exact) mass is 388 g/mol. The Morgan fingerprint density at radius 2 is 2.00 bits per heavy atom. The van der Waals surface area contributed by atoms with Crippen LogP contribution in [0.4, 0.5) is 5.95 Å². The summed E-state index contributed by atoms with van der Waals surface area (Å²) < 4.78 is 25.0. The number of benzene rings is 1. The smallest absolute Gasteiger partial charge is 0.231 e. The summed E-state index contributed by atoms with van der Waals surface area (Å²) in [5.74, 6) is 0.579. The molecule has 8 heteroatoms. The van der Waals surface area contributed by atoms with Crippen LogP contribution in [0.25, 0.3) is 16.5 Å². The normalized spacial score (nSPS) is 23.5. The van der Waals surface area contributed by atoms with Gasteiger partial charge in [0.05, 0.1) is 17.9 Å². The molecule has 0 saturated heterocycles. The summed E-state index contributed by atoms with van der Waals surface area (Å²) in [5, 5.41) is 14.0. The second-order valence-electron chi connectivity index (χ2n) is 7.36. The van der Waals surface area contributed by atoms with Crippen LogP contribution in [-0.2, 0) is 10.0 Å². The molecule has 1 aliphatic heterocycles. The van der Waals surface area contributed by atoms with E-state index in [0.29, 0.717) is 18.9 Å². The van der Waals surface area contributed by atoms with E-state index in [2.05, 4.69) is 10.3 Å². The van der Waals surface area contributed by atoms with E-state index in [1.165, 1.54) is 10.6 Å². The van der Waals surface area contributed by atoms with Crippen LogP contribution in [0.5, 0.6) is 0 Å². The summed E-state index contributed by atoms with van der Waals surface area (Å²) in [4.78, 5) is 9.16. The summed E-state index contributed by atoms with van der Waals surface area (Å²) in [7, 11) is -3.24. The number of para-hydroxylation sites is 1. The molecule has 2 heterocycles. The van der Waals surface area contributed by atoms with Gasteiger partial charge in [-0.2, -0.15) is 0 Å². The van der Waals surface area contributed by atoms with Crippen molar-refractivity contribution in [2.45, 2.75) is 44.2 Å². The maximum Gasteiger partial charge on any atom is 0.231 e. The topological polar surface area (TPSA) is 95.4 Å². The highest BCUT2D eigenvalue weighted by Crippen LogP contribution is 2.31. The molecule has 0 radical (unpaired) electrons. The van der Waals surface area contributed by atoms with Gasteiger partial charge < -0.3 is 10.4 Å². The van der Waals surface area contributed by atoms with Crippen molar-refractivity contribution in [1.29, 1.82) is 0 Å². The van der Waals surface area contributed by atoms with Crippen molar-refractivity contribution in [2.24, 2.45) is 0 Å². The molecule has 0 spiro atoms. The summed E-state index contributed by atoms with van der Waals surface area (Å²) in [6, 6.07) is 6.15. The van der Waals surface area contributed by atoms with Gasteiger partial charge in [-0.25, -0.2) is 18.4 Å². The van der Waals surface area contributed by atoms with Gasteiger partial charge >= 0.3 is 0 Å². The number of nitrogens with one attached hydrogen (secondary N) is 1. The van der Waals surface area contributed by atoms with Crippen molar-refractivity contribution in [3.05, 3.63) is 36.2 Å². The molecule has 0 amide bonds. The van der Waals surface area contributed by atoms with Gasteiger partial charge in [0.25, 0.3) is 0 Å². The fourth-order valence-electron chi connectivity index (χ4n) is 3.79. The van der Waals surface area contributed by atoms with E-state index < -0.39 is 10.0 Å². The third-order valence-corrected chi connectivity index (χ3v) is 6.45. The Morgan fingerprint density at radius 1 is 1.22 bits per heavy atom. The van der Waals surface area contributed by atoms with Crippen LogP contribution in [-0.4, -0.2) is 52.7 Å². The first-order valence-corrected chi connectivity index (χ1v) is 11.1. The molecule has 144 valence electrons. The van der Waals surface area contributed by atoms with E-state index in [0.717, 1.165) is 47.7 Å². The van der Waals surface area contributed by atoms with Gasteiger partial charge in [0.2, 0.25) is 16.0 Å². The lowest BCUT2D eigenvalue weighted by Gasteiger charge is -2.26. The Kier molecular flexibility index (Phi) is 4.77. The van der Waals surface area contributed by atoms with Crippen molar-refractivity contribution in [3.8, 4) is 0 Å². The predicted molar refractivity (Wildman–Crippen MR) is 106 cm³/mol. The van der Waals surface area contributed by atoms with Gasteiger partial charge in [-0.15, -0.1) is 0 Å². The van der Waals surface area contributed by atoms with Gasteiger partial charge in [0, 0.05) is 35.9 Å². The molecule has 0 unspecified atom stereocenters. The standard InChI is InChI=1S/C19H24N4O3S/c1-27(25,26)23-10-9-14(12-23)17-4-2-3-13-11-20-19(22-18(13)17)21-15-5-7-16(24)8-6-15/h2-4,11-12,15-16,24H,5-10H2,1H3,(H,20,21,22). The summed E-state index contributed by atoms with van der Waals surface area (Å²) in [5.41, 5.74) is 2.74. The molecular formula is C19H24N4O3S. The van der Waals surface area contributed by atoms with E-state index >= 15 is 0 Å². The Morgan fingerprint density at radius 3 is 2.70 bits per heavy atom. The first kappa shape index (κ1) is 18.2. The van der Waals surface area contributed by atoms with Gasteiger partial charge in [0.15, 0.2) is 0 Å². The lowest BCUT2D eigenvalue weighted by atomic mass is 9.93. The van der Waals surface area contributed by atoms with Crippen LogP contribution in [0.2, 0.25) is 0 Å². The van der Waals surface area contributed by atoms with E-state index in [4.69, 9.17) is 4.98 Å². The lowest BCUT2D eigenvalue weighted by Crippen LogP contribution is -2.28. The lowest BCUT2D eigenvalue weighted by molar-refractivity contribution is 0.126. The molecule has 7 nitrogen and oxygen atoms in total. The van der Waals surface area contributed by atoms with Crippen LogP contribution >= 0.6 is 0 Å². The largest absolute Gasteiger partial charge is 0.393 e. The zero-order valence-electron chi connectivity index (χ0n) is 15.3. The second kappa shape index (κ2) is 7.09. The predicted octanol–water partition coefficient (Wildman–Crippen LogP) is 2.35. The van der Waals surface area contributed by atoms with Crippen molar-refractivity contribution < 1.29 is 13.5 Å². The molecule has 2 aromatic rings. The SMILES string of the molecule is CS(=O)(=O)N1C=C(c2cccc3cnc(NC4CCC(O)CC4)nc23)CC1. The van der Waals surface area contributed by atoms with E-state index in [9.17, 15) is 13.5 Å². The van der Waals surface area contributed by atoms with Crippen LogP contribution in [0, 0.1) is 0 Å². The number of aromatic nitrogens is 2. The van der Waals surface area contributed by atoms with Crippen LogP contribution in [0.1, 0.15) is 37.7 Å². The van der Waals surface area contributed by atoms with Gasteiger partial charge in [-0.1, -0.05) is 18.2 Å². The zero-order valence-corrected chi connectivity index (χ0v) is 16.1. The summed E-state index contributed by atoms with van der Waals surface area (Å²) in [6.45, 7) is 0.463. The molecule has 0 atom stereocenters. The first-order chi connectivity index (χ1) is 12.9. The fraction of sp³-hybridized carbons (Fsp3) is 0.474. The molecule has 1 fully saturated rings. The Bertz CT molecular complexity index is 982. The molecule has 2 N–H and O–H groups in total. The second-order valence-corrected chi connectivity index (χ2v) is 9.30. The van der Waals surface area contributed by atoms with Crippen molar-refractivity contribution in [1.82, 2.24) is 14.3 Å². The molecule has 1 aromatic heterocycles. The highest BCUT2D eigenvalue weighted by atomic mass is 32.2. The Balaban J connectivity index is 1.64. The molecule has 2 aliphatic rings. The molecular weight excluding hydrogens is 364 g/mol. The van der Waals surface area contributed by atoms with Crippen molar-refractivity contribution in [2.75, 3.05) is 18.1 Å². The highest BCUT2D eigenvalue weighted by molar-refractivity contribution is 7.88. The van der Waals surface area contributed by atoms with Crippen LogP contribution in [0.3, 0.4) is 0 Å². The van der Waals surface area contributed by atoms with E-state index in [-0.39, 0.29) is 12.1 Å². The van der Waals surface area contributed by atoms with Gasteiger partial charge in [-0.05, 0) is 37.7 Å². The molecule has 0 bridgehead atoms. The summed E-state index contributed by atoms with van der Waals surface area (Å²) in [6.07, 6.45) is 8.60. The zero-order chi connectivity index (χ0) is 19.0. The number of anilines is 1. The van der Waals surface area contributed by atoms with Gasteiger partial charge in [0.1, 0.15) is 0 Å². The number of hydrogen-bond donors (Lipinski definition) is 2. The molecule has 4 rings (SSSR count). The van der Waals surface area contributed by atoms with Crippen LogP contribution in [0.15, 0.2) is 30.6 Å². The average Bonchev–Trinajstić information content (AvgIpc) is 3.13. The van der Waals surface area contributed by atoms with Crippen molar-refractivity contribution >= 4 is 32.4 Å². The minimum absolute atomic E-state index is 0.195. The number of aliphatic hydroxyl groups is 1. The maximum absolute atomic E-state index is 11.8. The highest BCUT2D eigenvalue weighted by Gasteiger charge is 2.23. The van der Waals surface area contributed by atoms with Crippen LogP contribution < -0.4 is 5.32 Å². The summed E-state index contributed by atoms with van der Waals surface area (Å²) >= 11 is 0. The Labute approximate surface area is 159 Å². The van der Waals surface area contributed by atoms with E-state index in [1.54, 1.807) is 12.4 Å². The van der Waals surface area contributed by atoms with Crippen molar-refractivity contribution in [3.63, 3.8) is 0 Å².